The number of rotatable bonds is 2. The van der Waals surface area contributed by atoms with Gasteiger partial charge in [0, 0.05) is 18.7 Å². The average Bonchev–Trinajstić information content (AvgIpc) is 2.31. The molecule has 2 rings (SSSR count). The second kappa shape index (κ2) is 6.01. The molecule has 19 heavy (non-hydrogen) atoms. The number of benzene rings is 1. The standard InChI is InChI=1S/C15H21Cl2NO/c1-15(2,3)7-10-8-18-9-13(19-10)11-5-4-6-12(16)14(11)17/h4-6,10,13,18H,7-9H2,1-3H3. The van der Waals surface area contributed by atoms with Crippen molar-refractivity contribution in [3.05, 3.63) is 33.8 Å². The van der Waals surface area contributed by atoms with Crippen LogP contribution in [0.15, 0.2) is 18.2 Å². The van der Waals surface area contributed by atoms with Gasteiger partial charge in [0.2, 0.25) is 0 Å². The van der Waals surface area contributed by atoms with Gasteiger partial charge in [-0.3, -0.25) is 0 Å². The smallest absolute Gasteiger partial charge is 0.0968 e. The lowest BCUT2D eigenvalue weighted by Crippen LogP contribution is -2.42. The number of ether oxygens (including phenoxy) is 1. The Hall–Kier alpha value is -0.280. The summed E-state index contributed by atoms with van der Waals surface area (Å²) in [6.45, 7) is 8.36. The third kappa shape index (κ3) is 4.09. The molecule has 1 heterocycles. The summed E-state index contributed by atoms with van der Waals surface area (Å²) in [6.07, 6.45) is 1.22. The monoisotopic (exact) mass is 301 g/mol. The van der Waals surface area contributed by atoms with Gasteiger partial charge in [0.1, 0.15) is 0 Å². The minimum atomic E-state index is -0.0210. The van der Waals surface area contributed by atoms with Crippen LogP contribution in [0.2, 0.25) is 10.0 Å². The van der Waals surface area contributed by atoms with E-state index in [1.165, 1.54) is 0 Å². The Labute approximate surface area is 125 Å². The molecular formula is C15H21Cl2NO. The molecule has 0 bridgehead atoms. The maximum absolute atomic E-state index is 6.27. The van der Waals surface area contributed by atoms with E-state index in [2.05, 4.69) is 26.1 Å². The molecule has 0 aliphatic carbocycles. The molecule has 0 spiro atoms. The fourth-order valence-electron chi connectivity index (χ4n) is 2.46. The average molecular weight is 302 g/mol. The van der Waals surface area contributed by atoms with Gasteiger partial charge in [-0.2, -0.15) is 0 Å². The summed E-state index contributed by atoms with van der Waals surface area (Å²) in [7, 11) is 0. The Morgan fingerprint density at radius 1 is 1.26 bits per heavy atom. The van der Waals surface area contributed by atoms with Gasteiger partial charge in [-0.15, -0.1) is 0 Å². The van der Waals surface area contributed by atoms with Crippen LogP contribution in [0.25, 0.3) is 0 Å². The van der Waals surface area contributed by atoms with E-state index in [1.54, 1.807) is 6.07 Å². The van der Waals surface area contributed by atoms with E-state index in [9.17, 15) is 0 Å². The van der Waals surface area contributed by atoms with Gasteiger partial charge in [-0.05, 0) is 17.9 Å². The van der Waals surface area contributed by atoms with Crippen LogP contribution in [-0.2, 0) is 4.74 Å². The van der Waals surface area contributed by atoms with Crippen molar-refractivity contribution in [3.8, 4) is 0 Å². The van der Waals surface area contributed by atoms with E-state index in [-0.39, 0.29) is 17.6 Å². The van der Waals surface area contributed by atoms with Crippen LogP contribution >= 0.6 is 23.2 Å². The predicted molar refractivity (Wildman–Crippen MR) is 81.0 cm³/mol. The number of nitrogens with one attached hydrogen (secondary N) is 1. The summed E-state index contributed by atoms with van der Waals surface area (Å²) in [5.41, 5.74) is 1.23. The van der Waals surface area contributed by atoms with Crippen molar-refractivity contribution in [3.63, 3.8) is 0 Å². The Balaban J connectivity index is 2.11. The molecule has 1 fully saturated rings. The first-order valence-corrected chi connectivity index (χ1v) is 7.42. The van der Waals surface area contributed by atoms with Gasteiger partial charge < -0.3 is 10.1 Å². The molecule has 2 unspecified atom stereocenters. The molecule has 0 saturated carbocycles. The lowest BCUT2D eigenvalue weighted by Gasteiger charge is -2.35. The van der Waals surface area contributed by atoms with Crippen LogP contribution < -0.4 is 5.32 Å². The molecule has 1 aromatic carbocycles. The Morgan fingerprint density at radius 2 is 2.00 bits per heavy atom. The summed E-state index contributed by atoms with van der Waals surface area (Å²) in [6, 6.07) is 5.70. The van der Waals surface area contributed by atoms with Gasteiger partial charge in [0.25, 0.3) is 0 Å². The highest BCUT2D eigenvalue weighted by Gasteiger charge is 2.28. The van der Waals surface area contributed by atoms with E-state index >= 15 is 0 Å². The van der Waals surface area contributed by atoms with Gasteiger partial charge >= 0.3 is 0 Å². The Kier molecular flexibility index (Phi) is 4.78. The van der Waals surface area contributed by atoms with E-state index in [0.717, 1.165) is 25.1 Å². The normalized spacial score (nSPS) is 24.5. The molecule has 1 N–H and O–H groups in total. The molecule has 1 aromatic rings. The third-order valence-corrected chi connectivity index (χ3v) is 4.06. The van der Waals surface area contributed by atoms with Crippen LogP contribution in [0.5, 0.6) is 0 Å². The molecule has 1 aliphatic heterocycles. The zero-order valence-electron chi connectivity index (χ0n) is 11.7. The van der Waals surface area contributed by atoms with Gasteiger partial charge in [0.15, 0.2) is 0 Å². The minimum Gasteiger partial charge on any atom is -0.368 e. The zero-order valence-corrected chi connectivity index (χ0v) is 13.2. The summed E-state index contributed by atoms with van der Waals surface area (Å²) >= 11 is 12.3. The number of hydrogen-bond acceptors (Lipinski definition) is 2. The molecule has 2 nitrogen and oxygen atoms in total. The summed E-state index contributed by atoms with van der Waals surface area (Å²) in [5, 5.41) is 4.61. The van der Waals surface area contributed by atoms with Crippen molar-refractivity contribution >= 4 is 23.2 Å². The SMILES string of the molecule is CC(C)(C)CC1CNCC(c2cccc(Cl)c2Cl)O1. The van der Waals surface area contributed by atoms with Crippen LogP contribution in [-0.4, -0.2) is 19.2 Å². The maximum atomic E-state index is 6.27. The molecule has 1 aliphatic rings. The second-order valence-corrected chi connectivity index (χ2v) is 7.10. The summed E-state index contributed by atoms with van der Waals surface area (Å²) in [4.78, 5) is 0. The Bertz CT molecular complexity index is 442. The Morgan fingerprint density at radius 3 is 2.68 bits per heavy atom. The van der Waals surface area contributed by atoms with E-state index in [4.69, 9.17) is 27.9 Å². The fourth-order valence-corrected chi connectivity index (χ4v) is 2.89. The van der Waals surface area contributed by atoms with E-state index in [0.29, 0.717) is 10.0 Å². The molecule has 0 aromatic heterocycles. The summed E-state index contributed by atoms with van der Waals surface area (Å²) in [5.74, 6) is 0. The molecular weight excluding hydrogens is 281 g/mol. The lowest BCUT2D eigenvalue weighted by molar-refractivity contribution is -0.0552. The van der Waals surface area contributed by atoms with E-state index < -0.39 is 0 Å². The van der Waals surface area contributed by atoms with Crippen molar-refractivity contribution in [2.24, 2.45) is 5.41 Å². The zero-order chi connectivity index (χ0) is 14.0. The van der Waals surface area contributed by atoms with Crippen LogP contribution in [0, 0.1) is 5.41 Å². The second-order valence-electron chi connectivity index (χ2n) is 6.31. The molecule has 2 atom stereocenters. The van der Waals surface area contributed by atoms with Gasteiger partial charge in [-0.1, -0.05) is 56.1 Å². The van der Waals surface area contributed by atoms with Crippen LogP contribution in [0.1, 0.15) is 38.9 Å². The van der Waals surface area contributed by atoms with Crippen molar-refractivity contribution in [1.29, 1.82) is 0 Å². The van der Waals surface area contributed by atoms with Crippen LogP contribution in [0.4, 0.5) is 0 Å². The van der Waals surface area contributed by atoms with Crippen molar-refractivity contribution in [2.75, 3.05) is 13.1 Å². The largest absolute Gasteiger partial charge is 0.368 e. The first-order chi connectivity index (χ1) is 8.87. The first kappa shape index (κ1) is 15.1. The third-order valence-electron chi connectivity index (χ3n) is 3.23. The van der Waals surface area contributed by atoms with Crippen molar-refractivity contribution in [1.82, 2.24) is 5.32 Å². The van der Waals surface area contributed by atoms with Gasteiger partial charge in [0.05, 0.1) is 22.3 Å². The van der Waals surface area contributed by atoms with Gasteiger partial charge in [-0.25, -0.2) is 0 Å². The van der Waals surface area contributed by atoms with Crippen molar-refractivity contribution < 1.29 is 4.74 Å². The highest BCUT2D eigenvalue weighted by molar-refractivity contribution is 6.42. The number of hydrogen-bond donors (Lipinski definition) is 1. The first-order valence-electron chi connectivity index (χ1n) is 6.67. The quantitative estimate of drug-likeness (QED) is 0.871. The molecule has 0 radical (unpaired) electrons. The predicted octanol–water partition coefficient (Wildman–Crippen LogP) is 4.46. The molecule has 0 amide bonds. The highest BCUT2D eigenvalue weighted by atomic mass is 35.5. The molecule has 4 heteroatoms. The molecule has 106 valence electrons. The number of halogens is 2. The van der Waals surface area contributed by atoms with E-state index in [1.807, 2.05) is 12.1 Å². The van der Waals surface area contributed by atoms with Crippen molar-refractivity contribution in [2.45, 2.75) is 39.4 Å². The fraction of sp³-hybridized carbons (Fsp3) is 0.600. The molecule has 1 saturated heterocycles. The number of morpholine rings is 1. The topological polar surface area (TPSA) is 21.3 Å². The minimum absolute atomic E-state index is 0.0210. The lowest BCUT2D eigenvalue weighted by atomic mass is 9.88. The summed E-state index contributed by atoms with van der Waals surface area (Å²) < 4.78 is 6.18. The maximum Gasteiger partial charge on any atom is 0.0968 e. The van der Waals surface area contributed by atoms with Crippen LogP contribution in [0.3, 0.4) is 0 Å². The highest BCUT2D eigenvalue weighted by Crippen LogP contribution is 2.34.